The number of sulfonamides is 1. The van der Waals surface area contributed by atoms with E-state index in [-0.39, 0.29) is 6.54 Å². The summed E-state index contributed by atoms with van der Waals surface area (Å²) < 4.78 is 26.5. The van der Waals surface area contributed by atoms with Gasteiger partial charge in [-0.3, -0.25) is 4.99 Å². The number of thiophene rings is 1. The molecule has 112 valence electrons. The quantitative estimate of drug-likeness (QED) is 0.478. The molecular weight excluding hydrogens is 296 g/mol. The summed E-state index contributed by atoms with van der Waals surface area (Å²) in [6.45, 7) is 2.49. The van der Waals surface area contributed by atoms with E-state index in [1.165, 1.54) is 17.8 Å². The van der Waals surface area contributed by atoms with Gasteiger partial charge in [0, 0.05) is 19.6 Å². The summed E-state index contributed by atoms with van der Waals surface area (Å²) in [6, 6.07) is 3.30. The Hall–Kier alpha value is -1.12. The number of hydrogen-bond acceptors (Lipinski definition) is 4. The molecule has 1 aromatic rings. The number of nitrogens with zero attached hydrogens (tertiary/aromatic N) is 2. The van der Waals surface area contributed by atoms with Crippen LogP contribution in [0.3, 0.4) is 0 Å². The van der Waals surface area contributed by atoms with E-state index in [0.29, 0.717) is 16.7 Å². The van der Waals surface area contributed by atoms with Gasteiger partial charge in [0.2, 0.25) is 10.0 Å². The molecule has 20 heavy (non-hydrogen) atoms. The van der Waals surface area contributed by atoms with E-state index in [1.54, 1.807) is 17.5 Å². The molecule has 1 saturated heterocycles. The van der Waals surface area contributed by atoms with Crippen molar-refractivity contribution in [1.29, 1.82) is 0 Å². The van der Waals surface area contributed by atoms with E-state index in [0.717, 1.165) is 25.9 Å². The third-order valence-electron chi connectivity index (χ3n) is 3.12. The fourth-order valence-electron chi connectivity index (χ4n) is 2.06. The van der Waals surface area contributed by atoms with Crippen molar-refractivity contribution in [3.05, 3.63) is 17.5 Å². The topological polar surface area (TPSA) is 87.8 Å². The molecule has 3 N–H and O–H groups in total. The average molecular weight is 316 g/mol. The first-order valence-electron chi connectivity index (χ1n) is 6.67. The Morgan fingerprint density at radius 3 is 2.80 bits per heavy atom. The third kappa shape index (κ3) is 4.19. The lowest BCUT2D eigenvalue weighted by Crippen LogP contribution is -2.41. The molecule has 1 aromatic heterocycles. The van der Waals surface area contributed by atoms with Gasteiger partial charge in [0.25, 0.3) is 0 Å². The van der Waals surface area contributed by atoms with Crippen LogP contribution in [-0.4, -0.2) is 45.5 Å². The Morgan fingerprint density at radius 2 is 2.15 bits per heavy atom. The monoisotopic (exact) mass is 316 g/mol. The molecule has 0 aliphatic carbocycles. The smallest absolute Gasteiger partial charge is 0.250 e. The number of piperidine rings is 1. The third-order valence-corrected chi connectivity index (χ3v) is 5.98. The van der Waals surface area contributed by atoms with Crippen LogP contribution >= 0.6 is 11.3 Å². The highest BCUT2D eigenvalue weighted by Crippen LogP contribution is 2.14. The summed E-state index contributed by atoms with van der Waals surface area (Å²) in [4.78, 5) is 6.28. The maximum atomic E-state index is 11.8. The lowest BCUT2D eigenvalue weighted by atomic mass is 10.1. The maximum absolute atomic E-state index is 11.8. The predicted octanol–water partition coefficient (Wildman–Crippen LogP) is 0.827. The van der Waals surface area contributed by atoms with Crippen LogP contribution in [0.1, 0.15) is 19.3 Å². The summed E-state index contributed by atoms with van der Waals surface area (Å²) in [5, 5.41) is 1.74. The molecular formula is C12H20N4O2S2. The van der Waals surface area contributed by atoms with E-state index in [1.807, 2.05) is 0 Å². The number of nitrogens with one attached hydrogen (secondary N) is 1. The van der Waals surface area contributed by atoms with Gasteiger partial charge in [0.05, 0.1) is 6.54 Å². The van der Waals surface area contributed by atoms with Crippen LogP contribution in [0.4, 0.5) is 0 Å². The highest BCUT2D eigenvalue weighted by molar-refractivity contribution is 7.91. The van der Waals surface area contributed by atoms with Crippen molar-refractivity contribution < 1.29 is 8.42 Å². The van der Waals surface area contributed by atoms with Gasteiger partial charge in [-0.2, -0.15) is 0 Å². The van der Waals surface area contributed by atoms with Crippen molar-refractivity contribution in [2.45, 2.75) is 23.5 Å². The number of rotatable bonds is 5. The molecule has 2 heterocycles. The molecule has 1 aliphatic rings. The van der Waals surface area contributed by atoms with E-state index in [9.17, 15) is 8.42 Å². The molecule has 0 aromatic carbocycles. The Morgan fingerprint density at radius 1 is 1.40 bits per heavy atom. The SMILES string of the molecule is NC(=NCCNS(=O)(=O)c1cccs1)N1CCCCC1. The molecule has 2 rings (SSSR count). The van der Waals surface area contributed by atoms with Gasteiger partial charge >= 0.3 is 0 Å². The first-order chi connectivity index (χ1) is 9.59. The maximum Gasteiger partial charge on any atom is 0.250 e. The number of hydrogen-bond donors (Lipinski definition) is 2. The minimum absolute atomic E-state index is 0.259. The molecule has 0 spiro atoms. The number of guanidine groups is 1. The van der Waals surface area contributed by atoms with Gasteiger partial charge < -0.3 is 10.6 Å². The van der Waals surface area contributed by atoms with Gasteiger partial charge in [-0.25, -0.2) is 13.1 Å². The molecule has 0 radical (unpaired) electrons. The van der Waals surface area contributed by atoms with Crippen molar-refractivity contribution in [1.82, 2.24) is 9.62 Å². The first kappa shape index (κ1) is 15.3. The van der Waals surface area contributed by atoms with Gasteiger partial charge in [0.1, 0.15) is 4.21 Å². The molecule has 0 saturated carbocycles. The number of likely N-dealkylation sites (tertiary alicyclic amines) is 1. The summed E-state index contributed by atoms with van der Waals surface area (Å²) >= 11 is 1.20. The van der Waals surface area contributed by atoms with Crippen molar-refractivity contribution >= 4 is 27.3 Å². The van der Waals surface area contributed by atoms with Crippen molar-refractivity contribution in [2.75, 3.05) is 26.2 Å². The zero-order chi connectivity index (χ0) is 14.4. The van der Waals surface area contributed by atoms with Crippen molar-refractivity contribution in [3.63, 3.8) is 0 Å². The van der Waals surface area contributed by atoms with Gasteiger partial charge in [-0.1, -0.05) is 6.07 Å². The minimum atomic E-state index is -3.39. The van der Waals surface area contributed by atoms with Crippen LogP contribution in [0, 0.1) is 0 Å². The predicted molar refractivity (Wildman–Crippen MR) is 81.4 cm³/mol. The minimum Gasteiger partial charge on any atom is -0.370 e. The Kier molecular flexibility index (Phi) is 5.38. The van der Waals surface area contributed by atoms with Crippen molar-refractivity contribution in [2.24, 2.45) is 10.7 Å². The summed E-state index contributed by atoms with van der Waals surface area (Å²) in [7, 11) is -3.39. The number of aliphatic imine (C=N–C) groups is 1. The van der Waals surface area contributed by atoms with Crippen LogP contribution < -0.4 is 10.5 Å². The zero-order valence-electron chi connectivity index (χ0n) is 11.3. The second-order valence-corrected chi connectivity index (χ2v) is 7.56. The molecule has 8 heteroatoms. The fraction of sp³-hybridized carbons (Fsp3) is 0.583. The molecule has 1 fully saturated rings. The molecule has 0 unspecified atom stereocenters. The zero-order valence-corrected chi connectivity index (χ0v) is 12.9. The molecule has 0 atom stereocenters. The average Bonchev–Trinajstić information content (AvgIpc) is 2.99. The first-order valence-corrected chi connectivity index (χ1v) is 9.04. The molecule has 6 nitrogen and oxygen atoms in total. The Balaban J connectivity index is 1.78. The van der Waals surface area contributed by atoms with E-state index in [2.05, 4.69) is 14.6 Å². The van der Waals surface area contributed by atoms with Crippen LogP contribution in [0.5, 0.6) is 0 Å². The van der Waals surface area contributed by atoms with E-state index in [4.69, 9.17) is 5.73 Å². The normalized spacial score (nSPS) is 17.4. The second-order valence-electron chi connectivity index (χ2n) is 4.62. The van der Waals surface area contributed by atoms with E-state index >= 15 is 0 Å². The van der Waals surface area contributed by atoms with Crippen LogP contribution in [-0.2, 0) is 10.0 Å². The van der Waals surface area contributed by atoms with Crippen molar-refractivity contribution in [3.8, 4) is 0 Å². The highest BCUT2D eigenvalue weighted by Gasteiger charge is 2.14. The van der Waals surface area contributed by atoms with E-state index < -0.39 is 10.0 Å². The van der Waals surface area contributed by atoms with Gasteiger partial charge in [-0.15, -0.1) is 11.3 Å². The van der Waals surface area contributed by atoms with Crippen LogP contribution in [0.15, 0.2) is 26.7 Å². The largest absolute Gasteiger partial charge is 0.370 e. The standard InChI is InChI=1S/C12H20N4O2S2/c13-12(16-8-2-1-3-9-16)14-6-7-15-20(17,18)11-5-4-10-19-11/h4-5,10,15H,1-3,6-9H2,(H2,13,14). The molecule has 0 amide bonds. The lowest BCUT2D eigenvalue weighted by molar-refractivity contribution is 0.338. The summed E-state index contributed by atoms with van der Waals surface area (Å²) in [5.41, 5.74) is 5.89. The lowest BCUT2D eigenvalue weighted by Gasteiger charge is -2.27. The summed E-state index contributed by atoms with van der Waals surface area (Å²) in [5.74, 6) is 0.514. The van der Waals surface area contributed by atoms with Gasteiger partial charge in [-0.05, 0) is 30.7 Å². The second kappa shape index (κ2) is 7.05. The molecule has 0 bridgehead atoms. The Bertz CT molecular complexity index is 534. The number of nitrogens with two attached hydrogens (primary N) is 1. The highest BCUT2D eigenvalue weighted by atomic mass is 32.2. The molecule has 1 aliphatic heterocycles. The van der Waals surface area contributed by atoms with Gasteiger partial charge in [0.15, 0.2) is 5.96 Å². The fourth-order valence-corrected chi connectivity index (χ4v) is 4.12. The Labute approximate surface area is 123 Å². The van der Waals surface area contributed by atoms with Crippen LogP contribution in [0.2, 0.25) is 0 Å². The van der Waals surface area contributed by atoms with Crippen LogP contribution in [0.25, 0.3) is 0 Å². The summed E-state index contributed by atoms with van der Waals surface area (Å²) in [6.07, 6.45) is 3.52.